The first kappa shape index (κ1) is 13.6. The Labute approximate surface area is 127 Å². The van der Waals surface area contributed by atoms with E-state index in [-0.39, 0.29) is 0 Å². The molecule has 2 saturated heterocycles. The van der Waals surface area contributed by atoms with Crippen LogP contribution in [0.25, 0.3) is 0 Å². The normalized spacial score (nSPS) is 32.5. The highest BCUT2D eigenvalue weighted by atomic mass is 16.5. The molecule has 0 radical (unpaired) electrons. The molecule has 1 N–H and O–H groups in total. The van der Waals surface area contributed by atoms with Gasteiger partial charge in [0, 0.05) is 24.7 Å². The van der Waals surface area contributed by atoms with Gasteiger partial charge in [-0.05, 0) is 68.3 Å². The van der Waals surface area contributed by atoms with Crippen molar-refractivity contribution in [3.63, 3.8) is 0 Å². The highest BCUT2D eigenvalue weighted by Crippen LogP contribution is 2.30. The van der Waals surface area contributed by atoms with Gasteiger partial charge in [-0.25, -0.2) is 0 Å². The Bertz CT molecular complexity index is 516. The van der Waals surface area contributed by atoms with E-state index in [9.17, 15) is 0 Å². The van der Waals surface area contributed by atoms with E-state index in [1.54, 1.807) is 7.11 Å². The molecule has 0 aromatic heterocycles. The van der Waals surface area contributed by atoms with Gasteiger partial charge in [-0.15, -0.1) is 0 Å². The van der Waals surface area contributed by atoms with Crippen molar-refractivity contribution in [2.24, 2.45) is 0 Å². The fourth-order valence-corrected chi connectivity index (χ4v) is 4.45. The van der Waals surface area contributed by atoms with Crippen LogP contribution in [0.1, 0.15) is 36.8 Å². The van der Waals surface area contributed by atoms with Crippen LogP contribution in [0.2, 0.25) is 0 Å². The largest absolute Gasteiger partial charge is 0.497 e. The quantitative estimate of drug-likeness (QED) is 0.903. The van der Waals surface area contributed by atoms with E-state index in [4.69, 9.17) is 4.74 Å². The van der Waals surface area contributed by atoms with Crippen LogP contribution in [0, 0.1) is 0 Å². The lowest BCUT2D eigenvalue weighted by atomic mass is 9.87. The van der Waals surface area contributed by atoms with Crippen molar-refractivity contribution in [2.45, 2.75) is 56.7 Å². The van der Waals surface area contributed by atoms with Crippen LogP contribution in [0.3, 0.4) is 0 Å². The zero-order valence-electron chi connectivity index (χ0n) is 13.0. The summed E-state index contributed by atoms with van der Waals surface area (Å²) < 4.78 is 5.40. The minimum atomic E-state index is 0.728. The second-order valence-corrected chi connectivity index (χ2v) is 6.95. The molecule has 4 rings (SSSR count). The maximum Gasteiger partial charge on any atom is 0.119 e. The van der Waals surface area contributed by atoms with Gasteiger partial charge in [-0.3, -0.25) is 4.90 Å². The molecular weight excluding hydrogens is 260 g/mol. The second kappa shape index (κ2) is 5.62. The lowest BCUT2D eigenvalue weighted by molar-refractivity contribution is 0.171. The SMILES string of the molecule is COc1ccc2c(c1)CC(N1CCC3CCC(C1)N3)CC2. The number of hydrogen-bond donors (Lipinski definition) is 1. The zero-order chi connectivity index (χ0) is 14.2. The Hall–Kier alpha value is -1.06. The molecule has 114 valence electrons. The molecule has 3 aliphatic rings. The number of benzene rings is 1. The number of hydrogen-bond acceptors (Lipinski definition) is 3. The summed E-state index contributed by atoms with van der Waals surface area (Å²) in [5, 5.41) is 3.80. The summed E-state index contributed by atoms with van der Waals surface area (Å²) in [5.74, 6) is 1.01. The number of methoxy groups -OCH3 is 1. The van der Waals surface area contributed by atoms with Crippen LogP contribution in [-0.2, 0) is 12.8 Å². The first-order valence-electron chi connectivity index (χ1n) is 8.48. The van der Waals surface area contributed by atoms with Gasteiger partial charge in [-0.2, -0.15) is 0 Å². The third-order valence-electron chi connectivity index (χ3n) is 5.69. The van der Waals surface area contributed by atoms with E-state index in [1.807, 2.05) is 0 Å². The topological polar surface area (TPSA) is 24.5 Å². The number of nitrogens with zero attached hydrogens (tertiary/aromatic N) is 1. The molecule has 2 aliphatic heterocycles. The van der Waals surface area contributed by atoms with Crippen molar-refractivity contribution in [3.8, 4) is 5.75 Å². The monoisotopic (exact) mass is 286 g/mol. The molecule has 3 heteroatoms. The fourth-order valence-electron chi connectivity index (χ4n) is 4.45. The smallest absolute Gasteiger partial charge is 0.119 e. The number of likely N-dealkylation sites (tertiary alicyclic amines) is 1. The number of fused-ring (bicyclic) bond motifs is 3. The van der Waals surface area contributed by atoms with Gasteiger partial charge < -0.3 is 10.1 Å². The highest BCUT2D eigenvalue weighted by molar-refractivity contribution is 5.38. The van der Waals surface area contributed by atoms with Crippen LogP contribution in [0.4, 0.5) is 0 Å². The molecule has 0 saturated carbocycles. The van der Waals surface area contributed by atoms with Gasteiger partial charge in [0.1, 0.15) is 5.75 Å². The van der Waals surface area contributed by atoms with E-state index in [0.717, 1.165) is 23.9 Å². The summed E-state index contributed by atoms with van der Waals surface area (Å²) in [5.41, 5.74) is 3.04. The summed E-state index contributed by atoms with van der Waals surface area (Å²) >= 11 is 0. The van der Waals surface area contributed by atoms with Gasteiger partial charge in [0.25, 0.3) is 0 Å². The number of nitrogens with one attached hydrogen (secondary N) is 1. The second-order valence-electron chi connectivity index (χ2n) is 6.95. The van der Waals surface area contributed by atoms with E-state index in [1.165, 1.54) is 62.7 Å². The summed E-state index contributed by atoms with van der Waals surface area (Å²) in [6, 6.07) is 8.87. The van der Waals surface area contributed by atoms with Gasteiger partial charge in [-0.1, -0.05) is 6.07 Å². The van der Waals surface area contributed by atoms with Crippen molar-refractivity contribution in [1.29, 1.82) is 0 Å². The molecule has 0 spiro atoms. The molecule has 3 nitrogen and oxygen atoms in total. The average Bonchev–Trinajstić information content (AvgIpc) is 2.85. The van der Waals surface area contributed by atoms with Crippen LogP contribution < -0.4 is 10.1 Å². The Kier molecular flexibility index (Phi) is 3.64. The van der Waals surface area contributed by atoms with Crippen molar-refractivity contribution in [1.82, 2.24) is 10.2 Å². The van der Waals surface area contributed by atoms with Gasteiger partial charge in [0.2, 0.25) is 0 Å². The maximum atomic E-state index is 5.40. The molecular formula is C18H26N2O. The number of rotatable bonds is 2. The average molecular weight is 286 g/mol. The van der Waals surface area contributed by atoms with Gasteiger partial charge in [0.15, 0.2) is 0 Å². The third kappa shape index (κ3) is 2.69. The summed E-state index contributed by atoms with van der Waals surface area (Å²) in [6.07, 6.45) is 7.84. The maximum absolute atomic E-state index is 5.40. The predicted octanol–water partition coefficient (Wildman–Crippen LogP) is 2.38. The summed E-state index contributed by atoms with van der Waals surface area (Å²) in [4.78, 5) is 2.76. The van der Waals surface area contributed by atoms with E-state index in [2.05, 4.69) is 28.4 Å². The first-order chi connectivity index (χ1) is 10.3. The Morgan fingerprint density at radius 3 is 2.90 bits per heavy atom. The molecule has 1 aromatic carbocycles. The Morgan fingerprint density at radius 2 is 2.00 bits per heavy atom. The number of ether oxygens (including phenoxy) is 1. The van der Waals surface area contributed by atoms with Crippen LogP contribution in [0.15, 0.2) is 18.2 Å². The molecule has 1 aromatic rings. The minimum Gasteiger partial charge on any atom is -0.497 e. The highest BCUT2D eigenvalue weighted by Gasteiger charge is 2.33. The molecule has 1 aliphatic carbocycles. The third-order valence-corrected chi connectivity index (χ3v) is 5.69. The van der Waals surface area contributed by atoms with Crippen LogP contribution >= 0.6 is 0 Å². The van der Waals surface area contributed by atoms with Crippen molar-refractivity contribution >= 4 is 0 Å². The van der Waals surface area contributed by atoms with E-state index >= 15 is 0 Å². The van der Waals surface area contributed by atoms with E-state index < -0.39 is 0 Å². The lowest BCUT2D eigenvalue weighted by Crippen LogP contribution is -2.44. The standard InChI is InChI=1S/C18H26N2O/c1-21-18-7-3-13-2-6-17(10-14(13)11-18)20-9-8-15-4-5-16(12-20)19-15/h3,7,11,15-17,19H,2,4-6,8-10,12H2,1H3. The predicted molar refractivity (Wildman–Crippen MR) is 84.9 cm³/mol. The van der Waals surface area contributed by atoms with E-state index in [0.29, 0.717) is 0 Å². The molecule has 0 amide bonds. The van der Waals surface area contributed by atoms with Crippen molar-refractivity contribution < 1.29 is 4.74 Å². The zero-order valence-corrected chi connectivity index (χ0v) is 13.0. The van der Waals surface area contributed by atoms with Crippen molar-refractivity contribution in [2.75, 3.05) is 20.2 Å². The Balaban J connectivity index is 1.49. The molecule has 3 atom stereocenters. The van der Waals surface area contributed by atoms with Crippen LogP contribution in [0.5, 0.6) is 5.75 Å². The summed E-state index contributed by atoms with van der Waals surface area (Å²) in [6.45, 7) is 2.53. The fraction of sp³-hybridized carbons (Fsp3) is 0.667. The molecule has 2 fully saturated rings. The molecule has 21 heavy (non-hydrogen) atoms. The minimum absolute atomic E-state index is 0.728. The van der Waals surface area contributed by atoms with Gasteiger partial charge in [0.05, 0.1) is 7.11 Å². The van der Waals surface area contributed by atoms with Gasteiger partial charge >= 0.3 is 0 Å². The molecule has 2 heterocycles. The molecule has 3 unspecified atom stereocenters. The summed E-state index contributed by atoms with van der Waals surface area (Å²) in [7, 11) is 1.76. The molecule has 2 bridgehead atoms. The number of aryl methyl sites for hydroxylation is 1. The van der Waals surface area contributed by atoms with Crippen LogP contribution in [-0.4, -0.2) is 43.2 Å². The first-order valence-corrected chi connectivity index (χ1v) is 8.48. The lowest BCUT2D eigenvalue weighted by Gasteiger charge is -2.36. The Morgan fingerprint density at radius 1 is 1.10 bits per heavy atom. The van der Waals surface area contributed by atoms with Crippen molar-refractivity contribution in [3.05, 3.63) is 29.3 Å².